The van der Waals surface area contributed by atoms with Crippen LogP contribution >= 0.6 is 11.8 Å². The van der Waals surface area contributed by atoms with Crippen molar-refractivity contribution < 1.29 is 13.2 Å². The monoisotopic (exact) mass is 332 g/mol. The van der Waals surface area contributed by atoms with E-state index in [4.69, 9.17) is 0 Å². The van der Waals surface area contributed by atoms with Crippen molar-refractivity contribution in [3.8, 4) is 0 Å². The summed E-state index contributed by atoms with van der Waals surface area (Å²) in [5.41, 5.74) is -3.11. The third kappa shape index (κ3) is 5.48. The van der Waals surface area contributed by atoms with Crippen LogP contribution in [-0.2, 0) is 0 Å². The Bertz CT molecular complexity index is 453. The van der Waals surface area contributed by atoms with Crippen LogP contribution in [-0.4, -0.2) is 36.6 Å². The van der Waals surface area contributed by atoms with E-state index in [1.807, 2.05) is 12.1 Å². The highest BCUT2D eigenvalue weighted by molar-refractivity contribution is 8.00. The van der Waals surface area contributed by atoms with Gasteiger partial charge in [-0.15, -0.1) is 0 Å². The molecule has 22 heavy (non-hydrogen) atoms. The zero-order valence-electron chi connectivity index (χ0n) is 13.0. The fourth-order valence-corrected chi connectivity index (χ4v) is 3.37. The molecule has 0 aliphatic carbocycles. The number of hydrogen-bond donors (Lipinski definition) is 1. The van der Waals surface area contributed by atoms with Crippen molar-refractivity contribution in [1.82, 2.24) is 10.2 Å². The third-order valence-corrected chi connectivity index (χ3v) is 4.52. The maximum atomic E-state index is 12.4. The number of benzene rings is 1. The predicted molar refractivity (Wildman–Crippen MR) is 85.0 cm³/mol. The minimum Gasteiger partial charge on any atom is -0.314 e. The number of piperazine rings is 1. The number of rotatable bonds is 5. The maximum absolute atomic E-state index is 12.4. The summed E-state index contributed by atoms with van der Waals surface area (Å²) >= 11 is -0.0530. The van der Waals surface area contributed by atoms with Gasteiger partial charge in [0.05, 0.1) is 0 Å². The second-order valence-corrected chi connectivity index (χ2v) is 7.19. The Morgan fingerprint density at radius 3 is 2.23 bits per heavy atom. The molecule has 0 unspecified atom stereocenters. The topological polar surface area (TPSA) is 15.3 Å². The standard InChI is InChI=1S/C16H23F3N2S/c1-12(2)11-15(21-9-7-20-8-10-21)13-3-5-14(6-4-13)22-16(17,18)19/h3-6,12,15,20H,7-11H2,1-2H3/t15-/m0/s1. The van der Waals surface area contributed by atoms with Gasteiger partial charge in [0.1, 0.15) is 0 Å². The summed E-state index contributed by atoms with van der Waals surface area (Å²) in [6.07, 6.45) is 1.02. The highest BCUT2D eigenvalue weighted by Crippen LogP contribution is 2.37. The van der Waals surface area contributed by atoms with Crippen LogP contribution in [0.2, 0.25) is 0 Å². The summed E-state index contributed by atoms with van der Waals surface area (Å²) in [5, 5.41) is 3.34. The van der Waals surface area contributed by atoms with Crippen LogP contribution < -0.4 is 5.32 Å². The van der Waals surface area contributed by atoms with Gasteiger partial charge in [-0.05, 0) is 41.8 Å². The first-order chi connectivity index (χ1) is 10.3. The van der Waals surface area contributed by atoms with Gasteiger partial charge >= 0.3 is 5.51 Å². The summed E-state index contributed by atoms with van der Waals surface area (Å²) in [7, 11) is 0. The number of alkyl halides is 3. The van der Waals surface area contributed by atoms with Gasteiger partial charge in [-0.3, -0.25) is 4.90 Å². The Morgan fingerprint density at radius 2 is 1.73 bits per heavy atom. The average Bonchev–Trinajstić information content (AvgIpc) is 2.45. The van der Waals surface area contributed by atoms with E-state index < -0.39 is 5.51 Å². The number of thioether (sulfide) groups is 1. The Kier molecular flexibility index (Phi) is 6.17. The van der Waals surface area contributed by atoms with Crippen molar-refractivity contribution >= 4 is 11.8 Å². The van der Waals surface area contributed by atoms with Crippen molar-refractivity contribution in [2.45, 2.75) is 36.7 Å². The fourth-order valence-electron chi connectivity index (χ4n) is 2.83. The Labute approximate surface area is 134 Å². The van der Waals surface area contributed by atoms with E-state index in [1.165, 1.54) is 0 Å². The largest absolute Gasteiger partial charge is 0.446 e. The molecule has 0 saturated carbocycles. The van der Waals surface area contributed by atoms with E-state index in [1.54, 1.807) is 12.1 Å². The van der Waals surface area contributed by atoms with Crippen LogP contribution in [0, 0.1) is 5.92 Å². The lowest BCUT2D eigenvalue weighted by atomic mass is 9.95. The first-order valence-corrected chi connectivity index (χ1v) is 8.47. The van der Waals surface area contributed by atoms with Crippen molar-refractivity contribution in [3.63, 3.8) is 0 Å². The van der Waals surface area contributed by atoms with E-state index >= 15 is 0 Å². The first kappa shape index (κ1) is 17.6. The molecule has 2 nitrogen and oxygen atoms in total. The Balaban J connectivity index is 2.12. The fraction of sp³-hybridized carbons (Fsp3) is 0.625. The lowest BCUT2D eigenvalue weighted by Crippen LogP contribution is -2.45. The SMILES string of the molecule is CC(C)C[C@@H](c1ccc(SC(F)(F)F)cc1)N1CCNCC1. The quantitative estimate of drug-likeness (QED) is 0.810. The molecule has 0 aromatic heterocycles. The molecule has 1 aliphatic heterocycles. The maximum Gasteiger partial charge on any atom is 0.446 e. The molecule has 1 aliphatic rings. The van der Waals surface area contributed by atoms with Gasteiger partial charge in [-0.2, -0.15) is 13.2 Å². The first-order valence-electron chi connectivity index (χ1n) is 7.65. The molecule has 1 aromatic rings. The second-order valence-electron chi connectivity index (χ2n) is 6.05. The van der Waals surface area contributed by atoms with Gasteiger partial charge in [-0.1, -0.05) is 26.0 Å². The summed E-state index contributed by atoms with van der Waals surface area (Å²) in [6.45, 7) is 8.27. The highest BCUT2D eigenvalue weighted by Gasteiger charge is 2.29. The molecular weight excluding hydrogens is 309 g/mol. The highest BCUT2D eigenvalue weighted by atomic mass is 32.2. The zero-order chi connectivity index (χ0) is 16.2. The molecule has 1 fully saturated rings. The number of halogens is 3. The molecule has 6 heteroatoms. The third-order valence-electron chi connectivity index (χ3n) is 3.79. The Morgan fingerprint density at radius 1 is 1.14 bits per heavy atom. The van der Waals surface area contributed by atoms with Crippen LogP contribution in [0.4, 0.5) is 13.2 Å². The van der Waals surface area contributed by atoms with Crippen molar-refractivity contribution in [2.24, 2.45) is 5.92 Å². The lowest BCUT2D eigenvalue weighted by Gasteiger charge is -2.36. The summed E-state index contributed by atoms with van der Waals surface area (Å²) in [6, 6.07) is 7.16. The van der Waals surface area contributed by atoms with E-state index in [0.29, 0.717) is 5.92 Å². The van der Waals surface area contributed by atoms with Crippen molar-refractivity contribution in [2.75, 3.05) is 26.2 Å². The van der Waals surface area contributed by atoms with Gasteiger partial charge in [0.25, 0.3) is 0 Å². The molecule has 0 amide bonds. The zero-order valence-corrected chi connectivity index (χ0v) is 13.8. The predicted octanol–water partition coefficient (Wildman–Crippen LogP) is 4.29. The number of nitrogens with one attached hydrogen (secondary N) is 1. The van der Waals surface area contributed by atoms with Crippen molar-refractivity contribution in [1.29, 1.82) is 0 Å². The molecule has 1 heterocycles. The Hall–Kier alpha value is -0.720. The molecule has 0 radical (unpaired) electrons. The van der Waals surface area contributed by atoms with Gasteiger partial charge in [-0.25, -0.2) is 0 Å². The summed E-state index contributed by atoms with van der Waals surface area (Å²) in [4.78, 5) is 2.68. The average molecular weight is 332 g/mol. The van der Waals surface area contributed by atoms with E-state index in [9.17, 15) is 13.2 Å². The van der Waals surface area contributed by atoms with Crippen LogP contribution in [0.25, 0.3) is 0 Å². The smallest absolute Gasteiger partial charge is 0.314 e. The van der Waals surface area contributed by atoms with Crippen LogP contribution in [0.15, 0.2) is 29.2 Å². The van der Waals surface area contributed by atoms with Gasteiger partial charge in [0, 0.05) is 37.1 Å². The molecule has 1 saturated heterocycles. The van der Waals surface area contributed by atoms with E-state index in [2.05, 4.69) is 24.1 Å². The molecule has 1 aromatic carbocycles. The van der Waals surface area contributed by atoms with Crippen LogP contribution in [0.1, 0.15) is 31.9 Å². The van der Waals surface area contributed by atoms with Crippen LogP contribution in [0.3, 0.4) is 0 Å². The molecule has 1 N–H and O–H groups in total. The number of hydrogen-bond acceptors (Lipinski definition) is 3. The normalized spacial score (nSPS) is 18.6. The second kappa shape index (κ2) is 7.70. The minimum atomic E-state index is -4.22. The van der Waals surface area contributed by atoms with E-state index in [0.717, 1.165) is 38.2 Å². The minimum absolute atomic E-state index is 0.0530. The molecule has 2 rings (SSSR count). The molecule has 0 bridgehead atoms. The molecule has 1 atom stereocenters. The summed E-state index contributed by atoms with van der Waals surface area (Å²) in [5.74, 6) is 0.545. The number of nitrogens with zero attached hydrogens (tertiary/aromatic N) is 1. The van der Waals surface area contributed by atoms with Gasteiger partial charge < -0.3 is 5.32 Å². The van der Waals surface area contributed by atoms with Gasteiger partial charge in [0.15, 0.2) is 0 Å². The molecule has 124 valence electrons. The summed E-state index contributed by atoms with van der Waals surface area (Å²) < 4.78 is 37.2. The molecule has 0 spiro atoms. The van der Waals surface area contributed by atoms with Gasteiger partial charge in [0.2, 0.25) is 0 Å². The molecular formula is C16H23F3N2S. The van der Waals surface area contributed by atoms with Crippen LogP contribution in [0.5, 0.6) is 0 Å². The van der Waals surface area contributed by atoms with Crippen molar-refractivity contribution in [3.05, 3.63) is 29.8 Å². The lowest BCUT2D eigenvalue weighted by molar-refractivity contribution is -0.0328. The van der Waals surface area contributed by atoms with E-state index in [-0.39, 0.29) is 22.7 Å².